The number of esters is 2. The minimum absolute atomic E-state index is 0.0847. The zero-order chi connectivity index (χ0) is 27.4. The Hall–Kier alpha value is -4.52. The molecule has 0 saturated carbocycles. The molecule has 0 radical (unpaired) electrons. The molecule has 0 aliphatic carbocycles. The van der Waals surface area contributed by atoms with Crippen LogP contribution in [0.5, 0.6) is 0 Å². The van der Waals surface area contributed by atoms with Crippen molar-refractivity contribution in [3.63, 3.8) is 0 Å². The largest absolute Gasteiger partial charge is 0.469 e. The van der Waals surface area contributed by atoms with Crippen molar-refractivity contribution in [1.29, 1.82) is 0 Å². The third-order valence-corrected chi connectivity index (χ3v) is 5.31. The number of carbonyl (C=O) groups is 4. The van der Waals surface area contributed by atoms with Gasteiger partial charge in [0.25, 0.3) is 5.69 Å². The summed E-state index contributed by atoms with van der Waals surface area (Å²) in [6.07, 6.45) is -1.39. The molecule has 0 saturated heterocycles. The van der Waals surface area contributed by atoms with E-state index in [0.717, 1.165) is 14.2 Å². The van der Waals surface area contributed by atoms with Crippen LogP contribution in [0.1, 0.15) is 23.5 Å². The van der Waals surface area contributed by atoms with Crippen LogP contribution in [0, 0.1) is 10.1 Å². The van der Waals surface area contributed by atoms with Crippen LogP contribution < -0.4 is 10.6 Å². The molecule has 0 unspecified atom stereocenters. The highest BCUT2D eigenvalue weighted by atomic mass is 16.6. The first-order valence-electron chi connectivity index (χ1n) is 11.0. The lowest BCUT2D eigenvalue weighted by Gasteiger charge is -2.27. The van der Waals surface area contributed by atoms with Gasteiger partial charge in [0.1, 0.15) is 18.7 Å². The molecule has 2 aromatic rings. The number of amides is 2. The number of nitrogens with one attached hydrogen (secondary N) is 2. The molecule has 2 amide bonds. The zero-order valence-electron chi connectivity index (χ0n) is 20.1. The number of rotatable bonds is 12. The number of nitro groups is 1. The topological polar surface area (TPSA) is 183 Å². The van der Waals surface area contributed by atoms with Crippen molar-refractivity contribution in [3.8, 4) is 0 Å². The molecule has 2 aromatic carbocycles. The molecule has 0 fully saturated rings. The lowest BCUT2D eigenvalue weighted by atomic mass is 9.88. The van der Waals surface area contributed by atoms with Crippen molar-refractivity contribution >= 4 is 29.6 Å². The molecule has 0 bridgehead atoms. The number of benzene rings is 2. The van der Waals surface area contributed by atoms with Gasteiger partial charge in [-0.15, -0.1) is 0 Å². The smallest absolute Gasteiger partial charge is 0.408 e. The molecule has 3 atom stereocenters. The first-order chi connectivity index (χ1) is 17.7. The lowest BCUT2D eigenvalue weighted by Crippen LogP contribution is -2.55. The van der Waals surface area contributed by atoms with Gasteiger partial charge in [-0.3, -0.25) is 19.7 Å². The summed E-state index contributed by atoms with van der Waals surface area (Å²) in [6.45, 7) is -0.919. The van der Waals surface area contributed by atoms with E-state index >= 15 is 0 Å². The van der Waals surface area contributed by atoms with E-state index in [0.29, 0.717) is 11.1 Å². The number of carbonyl (C=O) groups excluding carboxylic acids is 4. The average Bonchev–Trinajstić information content (AvgIpc) is 2.92. The van der Waals surface area contributed by atoms with E-state index in [1.165, 1.54) is 24.3 Å². The van der Waals surface area contributed by atoms with Crippen molar-refractivity contribution in [2.24, 2.45) is 0 Å². The lowest BCUT2D eigenvalue weighted by molar-refractivity contribution is -0.384. The normalized spacial score (nSPS) is 12.8. The van der Waals surface area contributed by atoms with Gasteiger partial charge in [-0.25, -0.2) is 9.59 Å². The summed E-state index contributed by atoms with van der Waals surface area (Å²) >= 11 is 0. The highest BCUT2D eigenvalue weighted by molar-refractivity contribution is 5.90. The summed E-state index contributed by atoms with van der Waals surface area (Å²) in [6, 6.07) is 10.8. The molecule has 0 spiro atoms. The van der Waals surface area contributed by atoms with Gasteiger partial charge in [0.2, 0.25) is 5.91 Å². The first kappa shape index (κ1) is 28.7. The van der Waals surface area contributed by atoms with Crippen molar-refractivity contribution in [3.05, 3.63) is 75.8 Å². The number of alkyl carbamates (subject to hydrolysis) is 1. The van der Waals surface area contributed by atoms with Crippen LogP contribution >= 0.6 is 0 Å². The molecular formula is C24H27N3O10. The Morgan fingerprint density at radius 2 is 1.62 bits per heavy atom. The van der Waals surface area contributed by atoms with E-state index in [1.807, 2.05) is 0 Å². The Kier molecular flexibility index (Phi) is 11.0. The fourth-order valence-corrected chi connectivity index (χ4v) is 3.34. The summed E-state index contributed by atoms with van der Waals surface area (Å²) in [7, 11) is 2.20. The maximum atomic E-state index is 12.9. The van der Waals surface area contributed by atoms with Crippen molar-refractivity contribution in [2.75, 3.05) is 20.8 Å². The predicted octanol–water partition coefficient (Wildman–Crippen LogP) is 1.19. The van der Waals surface area contributed by atoms with Gasteiger partial charge in [-0.2, -0.15) is 0 Å². The number of aliphatic hydroxyl groups is 1. The summed E-state index contributed by atoms with van der Waals surface area (Å²) in [4.78, 5) is 60.1. The highest BCUT2D eigenvalue weighted by Gasteiger charge is 2.36. The molecule has 0 aliphatic rings. The number of non-ortho nitro benzene ring substituents is 1. The van der Waals surface area contributed by atoms with Crippen LogP contribution in [0.4, 0.5) is 10.5 Å². The van der Waals surface area contributed by atoms with Crippen LogP contribution in [0.15, 0.2) is 54.6 Å². The zero-order valence-corrected chi connectivity index (χ0v) is 20.1. The number of hydrogen-bond acceptors (Lipinski definition) is 10. The van der Waals surface area contributed by atoms with E-state index in [9.17, 15) is 34.4 Å². The van der Waals surface area contributed by atoms with Crippen molar-refractivity contribution in [1.82, 2.24) is 10.6 Å². The van der Waals surface area contributed by atoms with Gasteiger partial charge >= 0.3 is 18.0 Å². The first-order valence-corrected chi connectivity index (χ1v) is 11.0. The number of methoxy groups -OCH3 is 2. The van der Waals surface area contributed by atoms with E-state index in [4.69, 9.17) is 14.2 Å². The monoisotopic (exact) mass is 517 g/mol. The number of aliphatic hydroxyl groups excluding tert-OH is 1. The fourth-order valence-electron chi connectivity index (χ4n) is 3.34. The average molecular weight is 517 g/mol. The van der Waals surface area contributed by atoms with Gasteiger partial charge in [0, 0.05) is 18.1 Å². The third kappa shape index (κ3) is 8.58. The standard InChI is InChI=1S/C24H27N3O10/c1-35-20(29)12-18(16-8-10-17(11-9-16)27(33)34)21(23(31)36-2)26-22(30)19(13-28)25-24(32)37-14-15-6-4-3-5-7-15/h3-11,18-19,21,28H,12-14H2,1-2H3,(H,25,32)(H,26,30)/t18-,19-,21+/m0/s1. The summed E-state index contributed by atoms with van der Waals surface area (Å²) in [5, 5.41) is 25.3. The van der Waals surface area contributed by atoms with E-state index < -0.39 is 59.9 Å². The van der Waals surface area contributed by atoms with Crippen LogP contribution in [0.2, 0.25) is 0 Å². The van der Waals surface area contributed by atoms with Crippen LogP contribution in [-0.2, 0) is 35.2 Å². The van der Waals surface area contributed by atoms with E-state index in [1.54, 1.807) is 30.3 Å². The van der Waals surface area contributed by atoms with E-state index in [-0.39, 0.29) is 12.3 Å². The number of nitrogens with zero attached hydrogens (tertiary/aromatic N) is 1. The molecule has 13 heteroatoms. The summed E-state index contributed by atoms with van der Waals surface area (Å²) in [5.41, 5.74) is 0.766. The molecule has 2 rings (SSSR count). The fraction of sp³-hybridized carbons (Fsp3) is 0.333. The quantitative estimate of drug-likeness (QED) is 0.160. The minimum Gasteiger partial charge on any atom is -0.469 e. The molecule has 0 aromatic heterocycles. The molecule has 0 heterocycles. The third-order valence-electron chi connectivity index (χ3n) is 5.31. The molecule has 37 heavy (non-hydrogen) atoms. The van der Waals surface area contributed by atoms with Gasteiger partial charge < -0.3 is 30.0 Å². The van der Waals surface area contributed by atoms with Gasteiger partial charge in [0.15, 0.2) is 0 Å². The SMILES string of the molecule is COC(=O)C[C@@H](c1ccc([N+](=O)[O-])cc1)[C@@H](NC(=O)[C@H](CO)NC(=O)OCc1ccccc1)C(=O)OC. The Labute approximate surface area is 211 Å². The van der Waals surface area contributed by atoms with Gasteiger partial charge in [-0.05, 0) is 11.1 Å². The van der Waals surface area contributed by atoms with Crippen molar-refractivity contribution < 1.29 is 43.4 Å². The Morgan fingerprint density at radius 3 is 2.16 bits per heavy atom. The Morgan fingerprint density at radius 1 is 0.973 bits per heavy atom. The number of ether oxygens (including phenoxy) is 3. The highest BCUT2D eigenvalue weighted by Crippen LogP contribution is 2.27. The van der Waals surface area contributed by atoms with E-state index in [2.05, 4.69) is 10.6 Å². The Bertz CT molecular complexity index is 1090. The van der Waals surface area contributed by atoms with Crippen LogP contribution in [0.25, 0.3) is 0 Å². The van der Waals surface area contributed by atoms with Crippen LogP contribution in [0.3, 0.4) is 0 Å². The number of nitro benzene ring substituents is 1. The second-order valence-electron chi connectivity index (χ2n) is 7.69. The second kappa shape index (κ2) is 14.1. The maximum Gasteiger partial charge on any atom is 0.408 e. The second-order valence-corrected chi connectivity index (χ2v) is 7.69. The van der Waals surface area contributed by atoms with Crippen LogP contribution in [-0.4, -0.2) is 66.9 Å². The Balaban J connectivity index is 2.21. The molecule has 198 valence electrons. The van der Waals surface area contributed by atoms with Gasteiger partial charge in [-0.1, -0.05) is 42.5 Å². The molecular weight excluding hydrogens is 490 g/mol. The molecule has 3 N–H and O–H groups in total. The maximum absolute atomic E-state index is 12.9. The predicted molar refractivity (Wildman–Crippen MR) is 127 cm³/mol. The molecule has 13 nitrogen and oxygen atoms in total. The summed E-state index contributed by atoms with van der Waals surface area (Å²) < 4.78 is 14.5. The molecule has 0 aliphatic heterocycles. The summed E-state index contributed by atoms with van der Waals surface area (Å²) in [5.74, 6) is -3.70. The minimum atomic E-state index is -1.51. The van der Waals surface area contributed by atoms with Crippen molar-refractivity contribution in [2.45, 2.75) is 31.0 Å². The van der Waals surface area contributed by atoms with Gasteiger partial charge in [0.05, 0.1) is 32.2 Å². The number of hydrogen-bond donors (Lipinski definition) is 3.